The zero-order valence-electron chi connectivity index (χ0n) is 19.7. The van der Waals surface area contributed by atoms with E-state index in [2.05, 4.69) is 21.5 Å². The molecular formula is C27H25ClN4O2. The Morgan fingerprint density at radius 2 is 1.88 bits per heavy atom. The molecule has 0 radical (unpaired) electrons. The van der Waals surface area contributed by atoms with Gasteiger partial charge in [0, 0.05) is 29.1 Å². The number of hydrogen-bond donors (Lipinski definition) is 1. The Kier molecular flexibility index (Phi) is 5.41. The number of hydrogen-bond acceptors (Lipinski definition) is 5. The van der Waals surface area contributed by atoms with Crippen molar-refractivity contribution in [1.29, 1.82) is 0 Å². The fraction of sp³-hybridized carbons (Fsp3) is 0.222. The molecule has 7 heteroatoms. The number of aromatic nitrogens is 3. The molecule has 3 aromatic heterocycles. The van der Waals surface area contributed by atoms with Crippen molar-refractivity contribution >= 4 is 39.2 Å². The van der Waals surface area contributed by atoms with Gasteiger partial charge in [-0.2, -0.15) is 5.10 Å². The monoisotopic (exact) mass is 472 g/mol. The van der Waals surface area contributed by atoms with Gasteiger partial charge in [0.05, 0.1) is 34.5 Å². The van der Waals surface area contributed by atoms with Crippen LogP contribution in [0.15, 0.2) is 57.9 Å². The van der Waals surface area contributed by atoms with Crippen molar-refractivity contribution in [2.45, 2.75) is 33.7 Å². The largest absolute Gasteiger partial charge is 0.455 e. The number of anilines is 1. The summed E-state index contributed by atoms with van der Waals surface area (Å²) in [7, 11) is 1.91. The molecule has 5 rings (SSSR count). The van der Waals surface area contributed by atoms with E-state index < -0.39 is 0 Å². The van der Waals surface area contributed by atoms with Crippen LogP contribution in [0.3, 0.4) is 0 Å². The summed E-state index contributed by atoms with van der Waals surface area (Å²) in [5.74, 6) is 0.574. The van der Waals surface area contributed by atoms with E-state index in [9.17, 15) is 4.79 Å². The summed E-state index contributed by atoms with van der Waals surface area (Å²) >= 11 is 6.02. The van der Waals surface area contributed by atoms with E-state index in [1.807, 2.05) is 76.0 Å². The van der Waals surface area contributed by atoms with Crippen LogP contribution in [0.4, 0.5) is 5.69 Å². The number of aryl methyl sites for hydroxylation is 3. The predicted molar refractivity (Wildman–Crippen MR) is 138 cm³/mol. The van der Waals surface area contributed by atoms with Gasteiger partial charge in [0.15, 0.2) is 5.43 Å². The van der Waals surface area contributed by atoms with E-state index in [1.165, 1.54) is 0 Å². The van der Waals surface area contributed by atoms with Gasteiger partial charge in [-0.1, -0.05) is 17.7 Å². The van der Waals surface area contributed by atoms with Crippen molar-refractivity contribution in [3.8, 4) is 11.3 Å². The highest BCUT2D eigenvalue weighted by atomic mass is 35.5. The van der Waals surface area contributed by atoms with Crippen LogP contribution in [0.5, 0.6) is 0 Å². The number of pyridine rings is 1. The molecule has 0 amide bonds. The van der Waals surface area contributed by atoms with Crippen molar-refractivity contribution in [3.63, 3.8) is 0 Å². The van der Waals surface area contributed by atoms with Gasteiger partial charge in [-0.3, -0.25) is 9.48 Å². The Bertz CT molecular complexity index is 1630. The second kappa shape index (κ2) is 8.29. The summed E-state index contributed by atoms with van der Waals surface area (Å²) in [6, 6.07) is 13.5. The number of nitrogens with one attached hydrogen (secondary N) is 1. The van der Waals surface area contributed by atoms with Crippen LogP contribution in [0.2, 0.25) is 5.15 Å². The van der Waals surface area contributed by atoms with Gasteiger partial charge in [-0.25, -0.2) is 4.98 Å². The third-order valence-electron chi connectivity index (χ3n) is 6.29. The van der Waals surface area contributed by atoms with Gasteiger partial charge < -0.3 is 9.73 Å². The molecule has 6 nitrogen and oxygen atoms in total. The smallest absolute Gasteiger partial charge is 0.196 e. The van der Waals surface area contributed by atoms with Crippen LogP contribution < -0.4 is 10.7 Å². The van der Waals surface area contributed by atoms with Crippen LogP contribution in [0.1, 0.15) is 35.3 Å². The van der Waals surface area contributed by atoms with Gasteiger partial charge in [0.1, 0.15) is 16.5 Å². The molecule has 0 saturated heterocycles. The van der Waals surface area contributed by atoms with Crippen molar-refractivity contribution in [1.82, 2.24) is 14.8 Å². The van der Waals surface area contributed by atoms with E-state index >= 15 is 0 Å². The minimum absolute atomic E-state index is 0.0241. The van der Waals surface area contributed by atoms with Gasteiger partial charge in [-0.15, -0.1) is 0 Å². The summed E-state index contributed by atoms with van der Waals surface area (Å²) in [6.45, 7) is 7.76. The minimum atomic E-state index is -0.136. The second-order valence-corrected chi connectivity index (χ2v) is 9.18. The highest BCUT2D eigenvalue weighted by Crippen LogP contribution is 2.33. The topological polar surface area (TPSA) is 73.0 Å². The Labute approximate surface area is 202 Å². The molecule has 0 bridgehead atoms. The van der Waals surface area contributed by atoms with Crippen LogP contribution in [0, 0.1) is 20.8 Å². The molecule has 0 aliphatic rings. The Morgan fingerprint density at radius 3 is 2.65 bits per heavy atom. The van der Waals surface area contributed by atoms with Gasteiger partial charge >= 0.3 is 0 Å². The molecule has 0 saturated carbocycles. The molecule has 3 heterocycles. The fourth-order valence-electron chi connectivity index (χ4n) is 4.46. The zero-order chi connectivity index (χ0) is 24.1. The maximum atomic E-state index is 13.4. The highest BCUT2D eigenvalue weighted by molar-refractivity contribution is 6.29. The first-order valence-corrected chi connectivity index (χ1v) is 11.5. The molecule has 0 fully saturated rings. The average molecular weight is 473 g/mol. The maximum Gasteiger partial charge on any atom is 0.196 e. The number of benzene rings is 2. The quantitative estimate of drug-likeness (QED) is 0.302. The average Bonchev–Trinajstić information content (AvgIpc) is 3.18. The first-order valence-electron chi connectivity index (χ1n) is 11.1. The number of fused-ring (bicyclic) bond motifs is 2. The Hall–Kier alpha value is -3.64. The van der Waals surface area contributed by atoms with E-state index in [0.29, 0.717) is 27.4 Å². The Morgan fingerprint density at radius 1 is 1.09 bits per heavy atom. The summed E-state index contributed by atoms with van der Waals surface area (Å²) in [5.41, 5.74) is 6.61. The van der Waals surface area contributed by atoms with Gasteiger partial charge in [0.25, 0.3) is 0 Å². The van der Waals surface area contributed by atoms with Gasteiger partial charge in [-0.05, 0) is 69.7 Å². The Balaban J connectivity index is 1.68. The van der Waals surface area contributed by atoms with Gasteiger partial charge in [0.2, 0.25) is 0 Å². The lowest BCUT2D eigenvalue weighted by molar-refractivity contribution is 0.605. The first-order chi connectivity index (χ1) is 16.2. The molecule has 0 aliphatic heterocycles. The summed E-state index contributed by atoms with van der Waals surface area (Å²) in [5, 5.41) is 9.85. The third-order valence-corrected chi connectivity index (χ3v) is 6.50. The zero-order valence-corrected chi connectivity index (χ0v) is 20.5. The predicted octanol–water partition coefficient (Wildman–Crippen LogP) is 6.49. The van der Waals surface area contributed by atoms with Crippen LogP contribution >= 0.6 is 11.6 Å². The van der Waals surface area contributed by atoms with E-state index in [1.54, 1.807) is 6.07 Å². The number of nitrogens with zero attached hydrogens (tertiary/aromatic N) is 3. The fourth-order valence-corrected chi connectivity index (χ4v) is 4.65. The second-order valence-electron chi connectivity index (χ2n) is 8.79. The maximum absolute atomic E-state index is 13.4. The van der Waals surface area contributed by atoms with E-state index in [4.69, 9.17) is 16.0 Å². The summed E-state index contributed by atoms with van der Waals surface area (Å²) < 4.78 is 8.33. The lowest BCUT2D eigenvalue weighted by Crippen LogP contribution is -2.13. The molecule has 0 spiro atoms. The molecule has 5 aromatic rings. The molecule has 34 heavy (non-hydrogen) atoms. The van der Waals surface area contributed by atoms with Crippen molar-refractivity contribution in [3.05, 3.63) is 86.4 Å². The summed E-state index contributed by atoms with van der Waals surface area (Å²) in [4.78, 5) is 17.8. The van der Waals surface area contributed by atoms with Crippen molar-refractivity contribution in [2.75, 3.05) is 5.32 Å². The molecule has 1 N–H and O–H groups in total. The van der Waals surface area contributed by atoms with Crippen LogP contribution in [-0.4, -0.2) is 14.8 Å². The van der Waals surface area contributed by atoms with Crippen molar-refractivity contribution < 1.29 is 4.42 Å². The highest BCUT2D eigenvalue weighted by Gasteiger charge is 2.20. The number of halogens is 1. The SMILES string of the molecule is Cc1cc(C(C)Nc2ccc(Cl)nc2C)c2oc(-c3ccc4c(cnn4C)c3)c(C)c(=O)c2c1. The molecule has 0 aliphatic carbocycles. The third kappa shape index (κ3) is 3.74. The lowest BCUT2D eigenvalue weighted by Gasteiger charge is -2.19. The standard InChI is InChI=1S/C27H25ClN4O2/c1-14-10-20(16(3)30-22-7-9-24(28)31-17(22)4)27-21(11-14)25(33)15(2)26(34-27)18-6-8-23-19(12-18)13-29-32(23)5/h6-13,16,30H,1-5H3. The minimum Gasteiger partial charge on any atom is -0.455 e. The molecule has 1 unspecified atom stereocenters. The molecular weight excluding hydrogens is 448 g/mol. The first kappa shape index (κ1) is 22.2. The molecule has 1 atom stereocenters. The normalized spacial score (nSPS) is 12.4. The van der Waals surface area contributed by atoms with Crippen LogP contribution in [-0.2, 0) is 7.05 Å². The number of rotatable bonds is 4. The lowest BCUT2D eigenvalue weighted by atomic mass is 9.98. The molecule has 172 valence electrons. The van der Waals surface area contributed by atoms with Crippen molar-refractivity contribution in [2.24, 2.45) is 7.05 Å². The molecule has 2 aromatic carbocycles. The van der Waals surface area contributed by atoms with Crippen LogP contribution in [0.25, 0.3) is 33.2 Å². The van der Waals surface area contributed by atoms with E-state index in [0.717, 1.165) is 39.0 Å². The summed E-state index contributed by atoms with van der Waals surface area (Å²) in [6.07, 6.45) is 1.82. The van der Waals surface area contributed by atoms with E-state index in [-0.39, 0.29) is 11.5 Å².